The summed E-state index contributed by atoms with van der Waals surface area (Å²) in [6, 6.07) is 4.30. The molecule has 2 aliphatic heterocycles. The van der Waals surface area contributed by atoms with Crippen molar-refractivity contribution < 1.29 is 19.2 Å². The van der Waals surface area contributed by atoms with Gasteiger partial charge in [0.2, 0.25) is 0 Å². The van der Waals surface area contributed by atoms with E-state index in [1.54, 1.807) is 30.1 Å². The van der Waals surface area contributed by atoms with E-state index >= 15 is 0 Å². The molecule has 0 radical (unpaired) electrons. The van der Waals surface area contributed by atoms with Crippen molar-refractivity contribution >= 4 is 23.7 Å². The zero-order valence-corrected chi connectivity index (χ0v) is 11.8. The summed E-state index contributed by atoms with van der Waals surface area (Å²) in [5.41, 5.74) is 1.78. The Hall–Kier alpha value is -2.94. The van der Waals surface area contributed by atoms with Crippen molar-refractivity contribution in [3.8, 4) is 0 Å². The van der Waals surface area contributed by atoms with E-state index in [2.05, 4.69) is 5.32 Å². The maximum atomic E-state index is 12.5. The van der Waals surface area contributed by atoms with Gasteiger partial charge in [-0.2, -0.15) is 0 Å². The largest absolute Gasteiger partial charge is 0.342 e. The van der Waals surface area contributed by atoms with Gasteiger partial charge in [0.1, 0.15) is 23.3 Å². The fraction of sp³-hybridized carbons (Fsp3) is 0.250. The fourth-order valence-electron chi connectivity index (χ4n) is 2.82. The number of amides is 2. The quantitative estimate of drug-likeness (QED) is 0.611. The molecule has 2 heterocycles. The number of piperidine rings is 1. The highest BCUT2D eigenvalue weighted by Gasteiger charge is 2.43. The van der Waals surface area contributed by atoms with Gasteiger partial charge in [-0.25, -0.2) is 9.59 Å². The minimum atomic E-state index is -0.734. The Morgan fingerprint density at radius 2 is 1.86 bits per heavy atom. The van der Waals surface area contributed by atoms with Gasteiger partial charge in [-0.15, -0.1) is 0 Å². The van der Waals surface area contributed by atoms with Crippen LogP contribution in [0.2, 0.25) is 0 Å². The lowest BCUT2D eigenvalue weighted by atomic mass is 10.0. The van der Waals surface area contributed by atoms with E-state index in [0.717, 1.165) is 10.5 Å². The minimum Gasteiger partial charge on any atom is -0.342 e. The summed E-state index contributed by atoms with van der Waals surface area (Å²) < 4.78 is 0. The topological polar surface area (TPSA) is 83.6 Å². The Labute approximate surface area is 126 Å². The molecule has 0 saturated carbocycles. The van der Waals surface area contributed by atoms with Crippen LogP contribution in [0, 0.1) is 6.92 Å². The molecule has 1 saturated heterocycles. The Balaban J connectivity index is 2.00. The predicted molar refractivity (Wildman–Crippen MR) is 76.2 cm³/mol. The second kappa shape index (κ2) is 5.11. The van der Waals surface area contributed by atoms with E-state index in [1.807, 2.05) is 6.92 Å². The number of allylic oxidation sites excluding steroid dienone is 1. The second-order valence-corrected chi connectivity index (χ2v) is 5.31. The van der Waals surface area contributed by atoms with Crippen molar-refractivity contribution in [2.75, 3.05) is 0 Å². The highest BCUT2D eigenvalue weighted by atomic mass is 16.2. The van der Waals surface area contributed by atoms with Gasteiger partial charge < -0.3 is 5.32 Å². The molecule has 1 fully saturated rings. The van der Waals surface area contributed by atoms with Crippen molar-refractivity contribution in [3.05, 3.63) is 46.3 Å². The van der Waals surface area contributed by atoms with E-state index in [9.17, 15) is 19.2 Å². The predicted octanol–water partition coefficient (Wildman–Crippen LogP) is 0.774. The lowest BCUT2D eigenvalue weighted by molar-refractivity contribution is 0.0593. The lowest BCUT2D eigenvalue weighted by Crippen LogP contribution is -2.46. The number of carbonyl (C=O) groups excluding carboxylic acids is 4. The van der Waals surface area contributed by atoms with Gasteiger partial charge in [0.15, 0.2) is 0 Å². The summed E-state index contributed by atoms with van der Waals surface area (Å²) in [6.45, 7) is 1.83. The number of nitrogens with one attached hydrogen (secondary N) is 1. The lowest BCUT2D eigenvalue weighted by Gasteiger charge is -2.30. The third-order valence-electron chi connectivity index (χ3n) is 3.90. The first-order chi connectivity index (χ1) is 10.6. The molecule has 1 N–H and O–H groups in total. The molecular weight excluding hydrogens is 284 g/mol. The summed E-state index contributed by atoms with van der Waals surface area (Å²) in [7, 11) is 0. The third kappa shape index (κ3) is 1.99. The zero-order chi connectivity index (χ0) is 15.9. The highest BCUT2D eigenvalue weighted by molar-refractivity contribution is 6.21. The van der Waals surface area contributed by atoms with Crippen molar-refractivity contribution in [3.63, 3.8) is 0 Å². The maximum Gasteiger partial charge on any atom is 0.262 e. The number of aryl methyl sites for hydroxylation is 1. The van der Waals surface area contributed by atoms with Gasteiger partial charge >= 0.3 is 0 Å². The van der Waals surface area contributed by atoms with Crippen LogP contribution < -0.4 is 5.32 Å². The molecule has 0 spiro atoms. The Morgan fingerprint density at radius 1 is 1.14 bits per heavy atom. The molecule has 1 aromatic rings. The van der Waals surface area contributed by atoms with Gasteiger partial charge in [-0.05, 0) is 25.5 Å². The molecule has 2 aliphatic rings. The third-order valence-corrected chi connectivity index (χ3v) is 3.90. The number of imide groups is 1. The van der Waals surface area contributed by atoms with Crippen molar-refractivity contribution in [2.24, 2.45) is 0 Å². The van der Waals surface area contributed by atoms with Crippen LogP contribution in [-0.4, -0.2) is 34.6 Å². The summed E-state index contributed by atoms with van der Waals surface area (Å²) >= 11 is 0. The van der Waals surface area contributed by atoms with Gasteiger partial charge in [-0.1, -0.05) is 11.6 Å². The summed E-state index contributed by atoms with van der Waals surface area (Å²) in [5.74, 6) is 2.52. The average molecular weight is 296 g/mol. The normalized spacial score (nSPS) is 20.4. The molecule has 1 aromatic carbocycles. The monoisotopic (exact) mass is 296 g/mol. The van der Waals surface area contributed by atoms with E-state index in [4.69, 9.17) is 0 Å². The zero-order valence-electron chi connectivity index (χ0n) is 11.8. The summed E-state index contributed by atoms with van der Waals surface area (Å²) in [4.78, 5) is 47.9. The number of nitrogens with zero attached hydrogens (tertiary/aromatic N) is 1. The molecule has 1 unspecified atom stereocenters. The first-order valence-corrected chi connectivity index (χ1v) is 6.81. The van der Waals surface area contributed by atoms with Crippen LogP contribution >= 0.6 is 0 Å². The number of carbonyl (C=O) groups is 2. The van der Waals surface area contributed by atoms with Crippen LogP contribution in [0.3, 0.4) is 0 Å². The molecule has 0 aromatic heterocycles. The first-order valence-electron chi connectivity index (χ1n) is 6.81. The molecule has 6 nitrogen and oxygen atoms in total. The van der Waals surface area contributed by atoms with Crippen LogP contribution in [0.15, 0.2) is 29.6 Å². The number of rotatable bonds is 1. The SMILES string of the molecule is Cc1ccc2c(c1)C(=O)N(C1CCC(=C=O)NC1=C=O)C2=O. The molecule has 2 amide bonds. The highest BCUT2D eigenvalue weighted by Crippen LogP contribution is 2.30. The van der Waals surface area contributed by atoms with E-state index in [1.165, 1.54) is 0 Å². The first kappa shape index (κ1) is 14.0. The van der Waals surface area contributed by atoms with Gasteiger partial charge in [0.05, 0.1) is 17.2 Å². The number of hydrogen-bond donors (Lipinski definition) is 1. The maximum absolute atomic E-state index is 12.5. The molecule has 0 bridgehead atoms. The standard InChI is InChI=1S/C16H12N2O4/c1-9-2-4-11-12(6-9)16(22)18(15(11)21)14-5-3-10(7-19)17-13(14)8-20/h2,4,6,14,17H,3,5H2,1H3. The van der Waals surface area contributed by atoms with Crippen LogP contribution in [0.1, 0.15) is 39.1 Å². The molecule has 0 aliphatic carbocycles. The Kier molecular flexibility index (Phi) is 3.26. The summed E-state index contributed by atoms with van der Waals surface area (Å²) in [6.07, 6.45) is 0.610. The van der Waals surface area contributed by atoms with Crippen molar-refractivity contribution in [2.45, 2.75) is 25.8 Å². The minimum absolute atomic E-state index is 0.0100. The molecular formula is C16H12N2O4. The smallest absolute Gasteiger partial charge is 0.262 e. The molecule has 22 heavy (non-hydrogen) atoms. The fourth-order valence-corrected chi connectivity index (χ4v) is 2.82. The van der Waals surface area contributed by atoms with Crippen LogP contribution in [0.25, 0.3) is 0 Å². The molecule has 3 rings (SSSR count). The van der Waals surface area contributed by atoms with Crippen LogP contribution in [-0.2, 0) is 9.59 Å². The molecule has 1 atom stereocenters. The number of hydrogen-bond acceptors (Lipinski definition) is 5. The van der Waals surface area contributed by atoms with Crippen molar-refractivity contribution in [1.82, 2.24) is 10.2 Å². The average Bonchev–Trinajstić information content (AvgIpc) is 2.77. The van der Waals surface area contributed by atoms with Gasteiger partial charge in [0, 0.05) is 6.42 Å². The Bertz CT molecular complexity index is 798. The number of fused-ring (bicyclic) bond motifs is 1. The Morgan fingerprint density at radius 3 is 2.55 bits per heavy atom. The van der Waals surface area contributed by atoms with E-state index in [0.29, 0.717) is 24.0 Å². The van der Waals surface area contributed by atoms with Gasteiger partial charge in [-0.3, -0.25) is 14.5 Å². The summed E-state index contributed by atoms with van der Waals surface area (Å²) in [5, 5.41) is 2.60. The van der Waals surface area contributed by atoms with Gasteiger partial charge in [0.25, 0.3) is 11.8 Å². The van der Waals surface area contributed by atoms with E-state index in [-0.39, 0.29) is 11.4 Å². The molecule has 110 valence electrons. The van der Waals surface area contributed by atoms with Crippen LogP contribution in [0.5, 0.6) is 0 Å². The molecule has 6 heteroatoms. The second-order valence-electron chi connectivity index (χ2n) is 5.31. The number of benzene rings is 1. The van der Waals surface area contributed by atoms with Crippen molar-refractivity contribution in [1.29, 1.82) is 0 Å². The van der Waals surface area contributed by atoms with Crippen LogP contribution in [0.4, 0.5) is 0 Å². The van der Waals surface area contributed by atoms with E-state index < -0.39 is 17.9 Å².